The summed E-state index contributed by atoms with van der Waals surface area (Å²) in [5.74, 6) is 0. The quantitative estimate of drug-likeness (QED) is 0.116. The first kappa shape index (κ1) is 33.5. The van der Waals surface area contributed by atoms with Crippen molar-refractivity contribution in [2.45, 2.75) is 46.2 Å². The third-order valence-electron chi connectivity index (χ3n) is 12.4. The smallest absolute Gasteiger partial charge is 0.0704 e. The molecule has 3 aromatic heterocycles. The first-order valence-electron chi connectivity index (χ1n) is 27.1. The molecule has 0 aliphatic heterocycles. The highest BCUT2D eigenvalue weighted by atomic mass is 14.7. The summed E-state index contributed by atoms with van der Waals surface area (Å²) in [5.41, 5.74) is 18.5. The Kier molecular flexibility index (Phi) is 9.80. The molecule has 0 amide bonds. The number of pyridine rings is 3. The Morgan fingerprint density at radius 2 is 0.806 bits per heavy atom. The molecule has 0 bridgehead atoms. The van der Waals surface area contributed by atoms with Crippen molar-refractivity contribution < 1.29 is 12.3 Å². The van der Waals surface area contributed by atoms with Crippen molar-refractivity contribution >= 4 is 0 Å². The van der Waals surface area contributed by atoms with Crippen LogP contribution in [0.4, 0.5) is 0 Å². The van der Waals surface area contributed by atoms with Crippen LogP contribution in [0.25, 0.3) is 78.3 Å². The molecule has 324 valence electrons. The van der Waals surface area contributed by atoms with E-state index >= 15 is 0 Å². The van der Waals surface area contributed by atoms with Gasteiger partial charge in [-0.25, -0.2) is 0 Å². The van der Waals surface area contributed by atoms with Crippen molar-refractivity contribution in [2.75, 3.05) is 0 Å². The lowest BCUT2D eigenvalue weighted by atomic mass is 9.86. The summed E-state index contributed by atoms with van der Waals surface area (Å²) in [4.78, 5) is 13.5. The summed E-state index contributed by atoms with van der Waals surface area (Å²) in [6.45, 7) is -6.69. The molecule has 67 heavy (non-hydrogen) atoms. The third kappa shape index (κ3) is 10.1. The molecule has 0 unspecified atom stereocenters. The fourth-order valence-corrected chi connectivity index (χ4v) is 8.81. The first-order valence-corrected chi connectivity index (χ1v) is 22.6. The van der Waals surface area contributed by atoms with Crippen LogP contribution < -0.4 is 0 Å². The topological polar surface area (TPSA) is 38.7 Å². The summed E-state index contributed by atoms with van der Waals surface area (Å²) >= 11 is 0. The van der Waals surface area contributed by atoms with Gasteiger partial charge in [-0.2, -0.15) is 0 Å². The molecule has 0 radical (unpaired) electrons. The number of aromatic nitrogens is 3. The van der Waals surface area contributed by atoms with Crippen molar-refractivity contribution in [3.63, 3.8) is 0 Å². The molecule has 7 aromatic carbocycles. The van der Waals surface area contributed by atoms with E-state index < -0.39 is 20.6 Å². The Hall–Kier alpha value is -8.01. The monoisotopic (exact) mass is 872 g/mol. The molecule has 3 nitrogen and oxygen atoms in total. The summed E-state index contributed by atoms with van der Waals surface area (Å²) in [6, 6.07) is 67.2. The number of hydrogen-bond donors (Lipinski definition) is 0. The average molecular weight is 873 g/mol. The van der Waals surface area contributed by atoms with Gasteiger partial charge in [0.2, 0.25) is 0 Å². The molecule has 0 spiro atoms. The third-order valence-corrected chi connectivity index (χ3v) is 12.4. The van der Waals surface area contributed by atoms with Crippen molar-refractivity contribution in [2.24, 2.45) is 0 Å². The lowest BCUT2D eigenvalue weighted by Crippen LogP contribution is -1.98. The summed E-state index contributed by atoms with van der Waals surface area (Å²) in [6.07, 6.45) is 7.57. The maximum atomic E-state index is 8.11. The van der Waals surface area contributed by atoms with E-state index in [1.165, 1.54) is 34.6 Å². The summed E-state index contributed by atoms with van der Waals surface area (Å²) in [5, 5.41) is 0. The number of hydrogen-bond acceptors (Lipinski definition) is 3. The van der Waals surface area contributed by atoms with E-state index in [0.29, 0.717) is 17.1 Å². The van der Waals surface area contributed by atoms with Crippen LogP contribution in [-0.4, -0.2) is 15.0 Å². The van der Waals surface area contributed by atoms with Gasteiger partial charge in [0.25, 0.3) is 0 Å². The number of rotatable bonds is 13. The van der Waals surface area contributed by atoms with Crippen LogP contribution in [-0.2, 0) is 25.7 Å². The molecular weight excluding hydrogens is 811 g/mol. The van der Waals surface area contributed by atoms with E-state index in [1.54, 1.807) is 42.6 Å². The number of aryl methyl sites for hydroxylation is 7. The van der Waals surface area contributed by atoms with Gasteiger partial charge in [0.15, 0.2) is 0 Å². The van der Waals surface area contributed by atoms with Crippen LogP contribution in [0.15, 0.2) is 219 Å². The standard InChI is InChI=1S/C64H53N3/c1-44-35-36-65-64(37-44)56-31-32-60(61(41-56)53-29-27-52(28-30-53)51-9-5-4-6-10-51)59-12-8-7-11-58(59)57-39-49(17-15-47-19-23-54(24-20-47)62-33-13-45(2)42-66-62)38-50(40-57)18-16-48-21-25-55(26-22-48)63-34-14-46(3)43-67-63/h4-14,19-43H,15-18H2,1-3H3/i1D3,2D3,3D3. The van der Waals surface area contributed by atoms with Gasteiger partial charge >= 0.3 is 0 Å². The van der Waals surface area contributed by atoms with Gasteiger partial charge < -0.3 is 0 Å². The molecule has 0 saturated carbocycles. The highest BCUT2D eigenvalue weighted by Crippen LogP contribution is 2.41. The van der Waals surface area contributed by atoms with E-state index in [2.05, 4.69) is 130 Å². The molecule has 0 atom stereocenters. The Balaban J connectivity index is 1.00. The Bertz CT molecular complexity index is 3480. The van der Waals surface area contributed by atoms with Gasteiger partial charge in [-0.05, 0) is 160 Å². The molecule has 3 heteroatoms. The van der Waals surface area contributed by atoms with Gasteiger partial charge in [0.05, 0.1) is 17.1 Å². The molecule has 10 rings (SSSR count). The molecule has 0 fully saturated rings. The van der Waals surface area contributed by atoms with Crippen LogP contribution in [0, 0.1) is 20.6 Å². The molecule has 0 N–H and O–H groups in total. The van der Waals surface area contributed by atoms with Crippen LogP contribution in [0.5, 0.6) is 0 Å². The van der Waals surface area contributed by atoms with Gasteiger partial charge in [0, 0.05) is 47.6 Å². The Morgan fingerprint density at radius 3 is 1.39 bits per heavy atom. The Labute approximate surface area is 408 Å². The lowest BCUT2D eigenvalue weighted by molar-refractivity contribution is 0.931. The SMILES string of the molecule is [2H]C([2H])([2H])c1ccc(-c2ccc(CCc3cc(CCc4ccc(-c5ccc(C([2H])([2H])[2H])cn5)cc4)cc(-c4ccccc4-c4ccc(-c5cc(C([2H])([2H])[2H])ccn5)cc4-c4ccc(-c5ccccc5)cc4)c3)cc2)nc1. The van der Waals surface area contributed by atoms with Gasteiger partial charge in [-0.1, -0.05) is 170 Å². The van der Waals surface area contributed by atoms with Crippen molar-refractivity contribution in [1.29, 1.82) is 0 Å². The second kappa shape index (κ2) is 19.6. The average Bonchev–Trinajstić information content (AvgIpc) is 3.45. The highest BCUT2D eigenvalue weighted by molar-refractivity contribution is 5.94. The summed E-state index contributed by atoms with van der Waals surface area (Å²) < 4.78 is 70.7. The minimum absolute atomic E-state index is 0.213. The first-order chi connectivity index (χ1) is 36.5. The highest BCUT2D eigenvalue weighted by Gasteiger charge is 2.17. The normalized spacial score (nSPS) is 13.7. The van der Waals surface area contributed by atoms with Gasteiger partial charge in [0.1, 0.15) is 0 Å². The minimum atomic E-state index is -2.28. The molecular formula is C64H53N3. The van der Waals surface area contributed by atoms with E-state index in [0.717, 1.165) is 86.9 Å². The zero-order chi connectivity index (χ0) is 53.0. The largest absolute Gasteiger partial charge is 0.256 e. The molecule has 0 saturated heterocycles. The van der Waals surface area contributed by atoms with E-state index in [4.69, 9.17) is 12.3 Å². The summed E-state index contributed by atoms with van der Waals surface area (Å²) in [7, 11) is 0. The zero-order valence-electron chi connectivity index (χ0n) is 46.0. The second-order valence-corrected chi connectivity index (χ2v) is 17.0. The molecule has 0 aliphatic rings. The fraction of sp³-hybridized carbons (Fsp3) is 0.109. The minimum Gasteiger partial charge on any atom is -0.256 e. The molecule has 10 aromatic rings. The fourth-order valence-electron chi connectivity index (χ4n) is 8.81. The van der Waals surface area contributed by atoms with E-state index in [1.807, 2.05) is 48.5 Å². The maximum absolute atomic E-state index is 8.11. The number of benzene rings is 7. The van der Waals surface area contributed by atoms with Crippen LogP contribution in [0.2, 0.25) is 0 Å². The number of nitrogens with zero attached hydrogens (tertiary/aromatic N) is 3. The van der Waals surface area contributed by atoms with Gasteiger partial charge in [-0.15, -0.1) is 0 Å². The van der Waals surface area contributed by atoms with Crippen LogP contribution in [0.3, 0.4) is 0 Å². The zero-order valence-corrected chi connectivity index (χ0v) is 37.0. The maximum Gasteiger partial charge on any atom is 0.0704 e. The van der Waals surface area contributed by atoms with Gasteiger partial charge in [-0.3, -0.25) is 15.0 Å². The van der Waals surface area contributed by atoms with Crippen molar-refractivity contribution in [3.05, 3.63) is 258 Å². The molecule has 0 aliphatic carbocycles. The van der Waals surface area contributed by atoms with Crippen LogP contribution in [0.1, 0.15) is 51.3 Å². The predicted octanol–water partition coefficient (Wildman–Crippen LogP) is 16.0. The van der Waals surface area contributed by atoms with E-state index in [-0.39, 0.29) is 16.7 Å². The second-order valence-electron chi connectivity index (χ2n) is 17.0. The lowest BCUT2D eigenvalue weighted by Gasteiger charge is -2.18. The Morgan fingerprint density at radius 1 is 0.299 bits per heavy atom. The molecule has 3 heterocycles. The van der Waals surface area contributed by atoms with Crippen LogP contribution >= 0.6 is 0 Å². The van der Waals surface area contributed by atoms with E-state index in [9.17, 15) is 0 Å². The predicted molar refractivity (Wildman–Crippen MR) is 280 cm³/mol. The van der Waals surface area contributed by atoms with Crippen molar-refractivity contribution in [1.82, 2.24) is 15.0 Å². The van der Waals surface area contributed by atoms with Crippen molar-refractivity contribution in [3.8, 4) is 78.3 Å².